The highest BCUT2D eigenvalue weighted by atomic mass is 19.4. The van der Waals surface area contributed by atoms with E-state index in [1.807, 2.05) is 11.0 Å². The molecule has 1 fully saturated rings. The van der Waals surface area contributed by atoms with Crippen LogP contribution in [0.25, 0.3) is 11.3 Å². The fourth-order valence-corrected chi connectivity index (χ4v) is 5.00. The van der Waals surface area contributed by atoms with Gasteiger partial charge in [-0.2, -0.15) is 13.2 Å². The van der Waals surface area contributed by atoms with E-state index >= 15 is 0 Å². The van der Waals surface area contributed by atoms with Crippen LogP contribution in [0.15, 0.2) is 72.5 Å². The highest BCUT2D eigenvalue weighted by Crippen LogP contribution is 2.38. The van der Waals surface area contributed by atoms with Crippen LogP contribution in [0.2, 0.25) is 0 Å². The number of pyridine rings is 1. The number of carbonyl (C=O) groups is 1. The standard InChI is InChI=1S/C31H32F3N5O4/c1-30(2,29(41)42)20-11-9-19(10-12-20)28-22(31(32,33)34)13-14-25(38-28)36-26-16-35-17-27(37-26)39-15-5-6-21(18-39)43-24-8-4-3-7-23(24)40/h4,8-14,16-17,21,40H,3,5-7,15,18H2,1-2H3,(H,41,42)(H,36,37,38). The minimum atomic E-state index is -4.66. The SMILES string of the molecule is CC(C)(C(=O)O)c1ccc(-c2nc(Nc3cncc(N4CCCC(OC5=C(O)CCC=C5)C4)n3)ccc2C(F)(F)F)cc1. The molecule has 1 atom stereocenters. The molecular weight excluding hydrogens is 563 g/mol. The van der Waals surface area contributed by atoms with Crippen molar-refractivity contribution in [2.24, 2.45) is 0 Å². The second kappa shape index (κ2) is 11.9. The minimum absolute atomic E-state index is 0.135. The monoisotopic (exact) mass is 595 g/mol. The fraction of sp³-hybridized carbons (Fsp3) is 0.355. The van der Waals surface area contributed by atoms with Crippen molar-refractivity contribution in [1.82, 2.24) is 15.0 Å². The topological polar surface area (TPSA) is 121 Å². The van der Waals surface area contributed by atoms with Crippen LogP contribution >= 0.6 is 0 Å². The molecule has 1 aromatic carbocycles. The van der Waals surface area contributed by atoms with E-state index in [4.69, 9.17) is 4.74 Å². The lowest BCUT2D eigenvalue weighted by Crippen LogP contribution is -2.40. The number of hydrogen-bond acceptors (Lipinski definition) is 8. The average molecular weight is 596 g/mol. The second-order valence-corrected chi connectivity index (χ2v) is 11.1. The number of nitrogens with zero attached hydrogens (tertiary/aromatic N) is 4. The Hall–Kier alpha value is -4.61. The number of anilines is 3. The van der Waals surface area contributed by atoms with Gasteiger partial charge in [0, 0.05) is 18.5 Å². The summed E-state index contributed by atoms with van der Waals surface area (Å²) in [6.45, 7) is 4.30. The van der Waals surface area contributed by atoms with Gasteiger partial charge >= 0.3 is 12.1 Å². The van der Waals surface area contributed by atoms with Gasteiger partial charge in [0.15, 0.2) is 11.6 Å². The summed E-state index contributed by atoms with van der Waals surface area (Å²) in [7, 11) is 0. The van der Waals surface area contributed by atoms with Gasteiger partial charge in [-0.15, -0.1) is 0 Å². The molecule has 0 bridgehead atoms. The molecule has 0 amide bonds. The van der Waals surface area contributed by atoms with Crippen molar-refractivity contribution in [1.29, 1.82) is 0 Å². The molecular formula is C31H32F3N5O4. The van der Waals surface area contributed by atoms with E-state index in [9.17, 15) is 28.2 Å². The molecule has 2 aliphatic rings. The summed E-state index contributed by atoms with van der Waals surface area (Å²) in [5.41, 5.74) is -1.79. The lowest BCUT2D eigenvalue weighted by Gasteiger charge is -2.34. The molecule has 0 spiro atoms. The van der Waals surface area contributed by atoms with Gasteiger partial charge in [0.2, 0.25) is 0 Å². The summed E-state index contributed by atoms with van der Waals surface area (Å²) in [4.78, 5) is 26.8. The number of aliphatic hydroxyl groups excluding tert-OH is 1. The molecule has 1 aliphatic heterocycles. The van der Waals surface area contributed by atoms with E-state index in [-0.39, 0.29) is 28.9 Å². The molecule has 1 unspecified atom stereocenters. The van der Waals surface area contributed by atoms with Crippen LogP contribution in [0.1, 0.15) is 50.7 Å². The van der Waals surface area contributed by atoms with E-state index in [0.29, 0.717) is 35.9 Å². The first-order valence-corrected chi connectivity index (χ1v) is 13.9. The number of hydrogen-bond donors (Lipinski definition) is 3. The van der Waals surface area contributed by atoms with Crippen LogP contribution in [-0.2, 0) is 21.1 Å². The van der Waals surface area contributed by atoms with Gasteiger partial charge in [0.25, 0.3) is 0 Å². The Balaban J connectivity index is 1.36. The van der Waals surface area contributed by atoms with Crippen molar-refractivity contribution >= 4 is 23.4 Å². The highest BCUT2D eigenvalue weighted by molar-refractivity contribution is 5.80. The number of rotatable bonds is 8. The molecule has 226 valence electrons. The fourth-order valence-electron chi connectivity index (χ4n) is 5.00. The van der Waals surface area contributed by atoms with Gasteiger partial charge in [0.1, 0.15) is 23.5 Å². The molecule has 1 saturated heterocycles. The average Bonchev–Trinajstić information content (AvgIpc) is 2.98. The van der Waals surface area contributed by atoms with Crippen molar-refractivity contribution in [2.75, 3.05) is 23.3 Å². The Kier molecular flexibility index (Phi) is 8.30. The number of halogens is 3. The van der Waals surface area contributed by atoms with Crippen LogP contribution in [0.5, 0.6) is 0 Å². The number of aromatic nitrogens is 3. The van der Waals surface area contributed by atoms with Crippen molar-refractivity contribution < 1.29 is 32.9 Å². The van der Waals surface area contributed by atoms with E-state index < -0.39 is 23.1 Å². The van der Waals surface area contributed by atoms with E-state index in [2.05, 4.69) is 20.3 Å². The van der Waals surface area contributed by atoms with E-state index in [1.54, 1.807) is 12.3 Å². The van der Waals surface area contributed by atoms with Gasteiger partial charge in [-0.1, -0.05) is 30.3 Å². The predicted molar refractivity (Wildman–Crippen MR) is 155 cm³/mol. The lowest BCUT2D eigenvalue weighted by molar-refractivity contribution is -0.142. The molecule has 3 N–H and O–H groups in total. The Morgan fingerprint density at radius 3 is 2.53 bits per heavy atom. The van der Waals surface area contributed by atoms with Crippen molar-refractivity contribution in [3.8, 4) is 11.3 Å². The second-order valence-electron chi connectivity index (χ2n) is 11.1. The predicted octanol–water partition coefficient (Wildman–Crippen LogP) is 6.77. The Labute approximate surface area is 246 Å². The molecule has 5 rings (SSSR count). The zero-order valence-electron chi connectivity index (χ0n) is 23.7. The van der Waals surface area contributed by atoms with Gasteiger partial charge < -0.3 is 25.2 Å². The van der Waals surface area contributed by atoms with E-state index in [0.717, 1.165) is 31.9 Å². The Morgan fingerprint density at radius 2 is 1.84 bits per heavy atom. The maximum Gasteiger partial charge on any atom is 0.418 e. The molecule has 2 aromatic heterocycles. The zero-order valence-corrected chi connectivity index (χ0v) is 23.7. The smallest absolute Gasteiger partial charge is 0.418 e. The number of carboxylic acid groups (broad SMARTS) is 1. The van der Waals surface area contributed by atoms with Crippen molar-refractivity contribution in [3.05, 3.63) is 83.6 Å². The Bertz CT molecular complexity index is 1550. The number of aliphatic carboxylic acids is 1. The quantitative estimate of drug-likeness (QED) is 0.259. The normalized spacial score (nSPS) is 17.6. The molecule has 0 saturated carbocycles. The molecule has 43 heavy (non-hydrogen) atoms. The van der Waals surface area contributed by atoms with Crippen LogP contribution < -0.4 is 10.2 Å². The summed E-state index contributed by atoms with van der Waals surface area (Å²) in [5.74, 6) is 0.690. The van der Waals surface area contributed by atoms with Crippen LogP contribution in [0.3, 0.4) is 0 Å². The number of piperidine rings is 1. The number of ether oxygens (including phenoxy) is 1. The largest absolute Gasteiger partial charge is 0.508 e. The lowest BCUT2D eigenvalue weighted by atomic mass is 9.84. The maximum absolute atomic E-state index is 13.9. The number of carboxylic acids is 1. The zero-order chi connectivity index (χ0) is 30.8. The number of alkyl halides is 3. The molecule has 9 nitrogen and oxygen atoms in total. The molecule has 3 aromatic rings. The van der Waals surface area contributed by atoms with Gasteiger partial charge in [0.05, 0.1) is 35.6 Å². The number of aliphatic hydroxyl groups is 1. The maximum atomic E-state index is 13.9. The number of nitrogens with one attached hydrogen (secondary N) is 1. The molecule has 1 aliphatic carbocycles. The molecule has 3 heterocycles. The van der Waals surface area contributed by atoms with Gasteiger partial charge in [-0.05, 0) is 56.9 Å². The number of allylic oxidation sites excluding steroid dienone is 3. The third-order valence-electron chi connectivity index (χ3n) is 7.59. The first-order valence-electron chi connectivity index (χ1n) is 13.9. The van der Waals surface area contributed by atoms with Crippen molar-refractivity contribution in [2.45, 2.75) is 57.2 Å². The number of benzene rings is 1. The van der Waals surface area contributed by atoms with Crippen LogP contribution in [-0.4, -0.2) is 50.3 Å². The molecule has 0 radical (unpaired) electrons. The van der Waals surface area contributed by atoms with E-state index in [1.165, 1.54) is 50.4 Å². The van der Waals surface area contributed by atoms with Gasteiger partial charge in [-0.3, -0.25) is 9.78 Å². The minimum Gasteiger partial charge on any atom is -0.508 e. The summed E-state index contributed by atoms with van der Waals surface area (Å²) < 4.78 is 47.9. The van der Waals surface area contributed by atoms with Gasteiger partial charge in [-0.25, -0.2) is 9.97 Å². The first-order chi connectivity index (χ1) is 20.4. The third-order valence-corrected chi connectivity index (χ3v) is 7.59. The Morgan fingerprint density at radius 1 is 1.07 bits per heavy atom. The first kappa shape index (κ1) is 29.9. The summed E-state index contributed by atoms with van der Waals surface area (Å²) in [5, 5.41) is 22.6. The van der Waals surface area contributed by atoms with Crippen LogP contribution in [0, 0.1) is 0 Å². The summed E-state index contributed by atoms with van der Waals surface area (Å²) in [6, 6.07) is 8.06. The third kappa shape index (κ3) is 6.73. The summed E-state index contributed by atoms with van der Waals surface area (Å²) >= 11 is 0. The van der Waals surface area contributed by atoms with Crippen molar-refractivity contribution in [3.63, 3.8) is 0 Å². The summed E-state index contributed by atoms with van der Waals surface area (Å²) in [6.07, 6.45) is 4.99. The highest BCUT2D eigenvalue weighted by Gasteiger charge is 2.35. The molecule has 12 heteroatoms. The van der Waals surface area contributed by atoms with Crippen LogP contribution in [0.4, 0.5) is 30.6 Å².